The zero-order valence-corrected chi connectivity index (χ0v) is 18.3. The van der Waals surface area contributed by atoms with Gasteiger partial charge < -0.3 is 14.2 Å². The Hall–Kier alpha value is -2.54. The minimum Gasteiger partial charge on any atom is -0.495 e. The molecule has 1 saturated carbocycles. The van der Waals surface area contributed by atoms with E-state index in [1.54, 1.807) is 12.0 Å². The van der Waals surface area contributed by atoms with Crippen LogP contribution in [0.3, 0.4) is 0 Å². The zero-order chi connectivity index (χ0) is 21.6. The number of hydrogen-bond acceptors (Lipinski definition) is 6. The number of hydrogen-bond donors (Lipinski definition) is 0. The zero-order valence-electron chi connectivity index (χ0n) is 18.3. The normalized spacial score (nSPS) is 36.9. The largest absolute Gasteiger partial charge is 0.495 e. The number of rotatable bonds is 2. The van der Waals surface area contributed by atoms with Gasteiger partial charge in [-0.15, -0.1) is 0 Å². The molecule has 1 aromatic rings. The summed E-state index contributed by atoms with van der Waals surface area (Å²) in [7, 11) is 4.45. The third-order valence-electron chi connectivity index (χ3n) is 8.89. The van der Waals surface area contributed by atoms with E-state index in [-0.39, 0.29) is 22.8 Å². The quantitative estimate of drug-likeness (QED) is 0.680. The summed E-state index contributed by atoms with van der Waals surface area (Å²) in [6.07, 6.45) is 6.45. The number of esters is 1. The van der Waals surface area contributed by atoms with Crippen LogP contribution in [0.2, 0.25) is 0 Å². The number of piperidine rings is 1. The van der Waals surface area contributed by atoms with E-state index in [0.29, 0.717) is 17.7 Å². The Kier molecular flexibility index (Phi) is 3.73. The molecule has 0 radical (unpaired) electrons. The van der Waals surface area contributed by atoms with E-state index in [4.69, 9.17) is 14.2 Å². The fourth-order valence-corrected chi connectivity index (χ4v) is 8.16. The van der Waals surface area contributed by atoms with Crippen LogP contribution in [-0.2, 0) is 19.7 Å². The molecule has 1 amide bonds. The fraction of sp³-hybridized carbons (Fsp3) is 0.583. The Morgan fingerprint density at radius 3 is 2.61 bits per heavy atom. The van der Waals surface area contributed by atoms with E-state index in [1.165, 1.54) is 14.2 Å². The van der Waals surface area contributed by atoms with Gasteiger partial charge in [0.05, 0.1) is 38.1 Å². The van der Waals surface area contributed by atoms with Gasteiger partial charge in [-0.2, -0.15) is 0 Å². The number of methoxy groups -OCH3 is 3. The predicted molar refractivity (Wildman–Crippen MR) is 113 cm³/mol. The molecule has 31 heavy (non-hydrogen) atoms. The van der Waals surface area contributed by atoms with E-state index in [2.05, 4.69) is 17.0 Å². The Morgan fingerprint density at radius 2 is 1.87 bits per heavy atom. The van der Waals surface area contributed by atoms with Crippen molar-refractivity contribution in [2.24, 2.45) is 5.41 Å². The van der Waals surface area contributed by atoms with E-state index in [9.17, 15) is 9.59 Å². The number of benzene rings is 1. The second-order valence-corrected chi connectivity index (χ2v) is 9.57. The molecule has 164 valence electrons. The SMILES string of the molecule is COC(=O)C1=CC23CCCN4CCC5(c6cccc(OC)c6N(C(=O)OC)C15CC2)C43. The Labute approximate surface area is 181 Å². The third-order valence-corrected chi connectivity index (χ3v) is 8.89. The van der Waals surface area contributed by atoms with Crippen LogP contribution in [0.5, 0.6) is 5.75 Å². The summed E-state index contributed by atoms with van der Waals surface area (Å²) in [5.41, 5.74) is 1.17. The van der Waals surface area contributed by atoms with Crippen molar-refractivity contribution in [3.8, 4) is 5.75 Å². The minimum atomic E-state index is -0.831. The van der Waals surface area contributed by atoms with Gasteiger partial charge in [-0.3, -0.25) is 9.80 Å². The molecule has 7 heteroatoms. The lowest BCUT2D eigenvalue weighted by Crippen LogP contribution is -2.75. The Balaban J connectivity index is 1.75. The summed E-state index contributed by atoms with van der Waals surface area (Å²) < 4.78 is 16.4. The summed E-state index contributed by atoms with van der Waals surface area (Å²) in [4.78, 5) is 31.1. The van der Waals surface area contributed by atoms with Crippen LogP contribution in [0.15, 0.2) is 29.8 Å². The van der Waals surface area contributed by atoms with Crippen molar-refractivity contribution in [1.29, 1.82) is 0 Å². The van der Waals surface area contributed by atoms with Crippen LogP contribution < -0.4 is 9.64 Å². The third kappa shape index (κ3) is 1.87. The molecule has 4 unspecified atom stereocenters. The number of carbonyl (C=O) groups is 2. The van der Waals surface area contributed by atoms with Gasteiger partial charge in [-0.25, -0.2) is 9.59 Å². The molecule has 3 fully saturated rings. The smallest absolute Gasteiger partial charge is 0.414 e. The molecule has 3 heterocycles. The lowest BCUT2D eigenvalue weighted by molar-refractivity contribution is -0.139. The first-order chi connectivity index (χ1) is 15.0. The van der Waals surface area contributed by atoms with E-state index in [0.717, 1.165) is 50.0 Å². The molecule has 2 bridgehead atoms. The van der Waals surface area contributed by atoms with Crippen LogP contribution in [0.4, 0.5) is 10.5 Å². The Bertz CT molecular complexity index is 1040. The minimum absolute atomic E-state index is 0.0769. The number of amides is 1. The van der Waals surface area contributed by atoms with Crippen molar-refractivity contribution in [2.45, 2.75) is 49.1 Å². The average Bonchev–Trinajstić information content (AvgIpc) is 3.34. The highest BCUT2D eigenvalue weighted by atomic mass is 16.5. The van der Waals surface area contributed by atoms with Crippen LogP contribution >= 0.6 is 0 Å². The van der Waals surface area contributed by atoms with Gasteiger partial charge in [0.2, 0.25) is 0 Å². The molecule has 1 aromatic carbocycles. The first-order valence-electron chi connectivity index (χ1n) is 11.1. The van der Waals surface area contributed by atoms with Crippen LogP contribution in [0.1, 0.15) is 37.7 Å². The van der Waals surface area contributed by atoms with Gasteiger partial charge in [0.25, 0.3) is 0 Å². The maximum Gasteiger partial charge on any atom is 0.414 e. The second kappa shape index (κ2) is 6.03. The predicted octanol–water partition coefficient (Wildman–Crippen LogP) is 3.02. The van der Waals surface area contributed by atoms with E-state index < -0.39 is 11.6 Å². The first kappa shape index (κ1) is 19.2. The number of anilines is 1. The van der Waals surface area contributed by atoms with Crippen LogP contribution in [0.25, 0.3) is 0 Å². The van der Waals surface area contributed by atoms with Crippen molar-refractivity contribution < 1.29 is 23.8 Å². The van der Waals surface area contributed by atoms with E-state index in [1.807, 2.05) is 12.1 Å². The van der Waals surface area contributed by atoms with Crippen molar-refractivity contribution in [1.82, 2.24) is 4.90 Å². The van der Waals surface area contributed by atoms with Crippen LogP contribution in [0, 0.1) is 5.41 Å². The van der Waals surface area contributed by atoms with Gasteiger partial charge >= 0.3 is 12.1 Å². The summed E-state index contributed by atoms with van der Waals surface area (Å²) in [6, 6.07) is 6.26. The number of para-hydroxylation sites is 1. The standard InChI is InChI=1S/C24H28N2O5/c1-29-17-7-4-6-15-18(17)26(21(28)31-3)24-10-9-22(14-16(24)19(27)30-2)8-5-12-25-13-11-23(15,24)20(22)25/h4,6-7,14,20H,5,8-13H2,1-3H3. The van der Waals surface area contributed by atoms with E-state index >= 15 is 0 Å². The van der Waals surface area contributed by atoms with Gasteiger partial charge in [0.1, 0.15) is 5.75 Å². The van der Waals surface area contributed by atoms with Gasteiger partial charge in [0.15, 0.2) is 0 Å². The maximum absolute atomic E-state index is 13.4. The van der Waals surface area contributed by atoms with Gasteiger partial charge in [0, 0.05) is 16.9 Å². The summed E-state index contributed by atoms with van der Waals surface area (Å²) >= 11 is 0. The molecule has 7 nitrogen and oxygen atoms in total. The lowest BCUT2D eigenvalue weighted by Gasteiger charge is -2.66. The second-order valence-electron chi connectivity index (χ2n) is 9.57. The maximum atomic E-state index is 13.4. The molecular weight excluding hydrogens is 396 g/mol. The highest BCUT2D eigenvalue weighted by molar-refractivity contribution is 6.04. The topological polar surface area (TPSA) is 68.3 Å². The molecule has 4 atom stereocenters. The number of nitrogens with zero attached hydrogens (tertiary/aromatic N) is 2. The lowest BCUT2D eigenvalue weighted by atomic mass is 9.42. The molecule has 0 aromatic heterocycles. The van der Waals surface area contributed by atoms with Crippen molar-refractivity contribution >= 4 is 17.7 Å². The fourth-order valence-electron chi connectivity index (χ4n) is 8.16. The molecule has 3 aliphatic heterocycles. The van der Waals surface area contributed by atoms with Gasteiger partial charge in [-0.1, -0.05) is 18.2 Å². The summed E-state index contributed by atoms with van der Waals surface area (Å²) in [5, 5.41) is 0. The van der Waals surface area contributed by atoms with Crippen molar-refractivity contribution in [2.75, 3.05) is 39.3 Å². The van der Waals surface area contributed by atoms with Crippen LogP contribution in [-0.4, -0.2) is 63.0 Å². The number of carbonyl (C=O) groups excluding carboxylic acids is 2. The highest BCUT2D eigenvalue weighted by Crippen LogP contribution is 2.74. The summed E-state index contributed by atoms with van der Waals surface area (Å²) in [5.74, 6) is 0.290. The number of fused-ring (bicyclic) bond motifs is 2. The molecule has 0 N–H and O–H groups in total. The first-order valence-corrected chi connectivity index (χ1v) is 11.1. The molecule has 7 rings (SSSR count). The van der Waals surface area contributed by atoms with Crippen molar-refractivity contribution in [3.63, 3.8) is 0 Å². The molecule has 6 aliphatic rings. The molecule has 3 aliphatic carbocycles. The highest BCUT2D eigenvalue weighted by Gasteiger charge is 2.80. The van der Waals surface area contributed by atoms with Crippen molar-refractivity contribution in [3.05, 3.63) is 35.4 Å². The molecular formula is C24H28N2O5. The number of ether oxygens (including phenoxy) is 3. The summed E-state index contributed by atoms with van der Waals surface area (Å²) in [6.45, 7) is 2.02. The monoisotopic (exact) mass is 424 g/mol. The Morgan fingerprint density at radius 1 is 1.03 bits per heavy atom. The molecule has 3 spiro atoms. The average molecular weight is 424 g/mol. The molecule has 2 saturated heterocycles. The van der Waals surface area contributed by atoms with Gasteiger partial charge in [-0.05, 0) is 56.8 Å².